The minimum absolute atomic E-state index is 0.00118. The first-order valence-electron chi connectivity index (χ1n) is 10.1. The lowest BCUT2D eigenvalue weighted by molar-refractivity contribution is -0.384. The van der Waals surface area contributed by atoms with E-state index in [-0.39, 0.29) is 10.6 Å². The van der Waals surface area contributed by atoms with Gasteiger partial charge in [0.2, 0.25) is 10.0 Å². The Balaban J connectivity index is 1.56. The Labute approximate surface area is 180 Å². The maximum atomic E-state index is 13.1. The van der Waals surface area contributed by atoms with Crippen molar-refractivity contribution in [2.75, 3.05) is 49.1 Å². The van der Waals surface area contributed by atoms with Gasteiger partial charge in [-0.1, -0.05) is 12.8 Å². The van der Waals surface area contributed by atoms with Gasteiger partial charge < -0.3 is 9.80 Å². The molecule has 1 aromatic heterocycles. The molecule has 2 aliphatic rings. The highest BCUT2D eigenvalue weighted by molar-refractivity contribution is 7.89. The number of nitro benzene ring substituents is 1. The number of piperazine rings is 1. The molecule has 2 aliphatic heterocycles. The van der Waals surface area contributed by atoms with Crippen LogP contribution in [0.1, 0.15) is 25.7 Å². The molecule has 0 aliphatic carbocycles. The van der Waals surface area contributed by atoms with E-state index in [2.05, 4.69) is 9.88 Å². The van der Waals surface area contributed by atoms with Crippen LogP contribution in [0.2, 0.25) is 0 Å². The van der Waals surface area contributed by atoms with Crippen LogP contribution >= 0.6 is 11.3 Å². The number of hydrogen-bond donors (Lipinski definition) is 0. The van der Waals surface area contributed by atoms with E-state index in [0.717, 1.165) is 30.8 Å². The van der Waals surface area contributed by atoms with E-state index in [9.17, 15) is 18.5 Å². The molecule has 0 saturated carbocycles. The van der Waals surface area contributed by atoms with Crippen LogP contribution in [0.5, 0.6) is 0 Å². The quantitative estimate of drug-likeness (QED) is 0.509. The van der Waals surface area contributed by atoms with Gasteiger partial charge in [0.25, 0.3) is 5.69 Å². The fourth-order valence-electron chi connectivity index (χ4n) is 4.02. The van der Waals surface area contributed by atoms with Crippen molar-refractivity contribution in [3.05, 3.63) is 39.9 Å². The Morgan fingerprint density at radius 2 is 1.63 bits per heavy atom. The van der Waals surface area contributed by atoms with Gasteiger partial charge in [-0.3, -0.25) is 10.1 Å². The van der Waals surface area contributed by atoms with Crippen LogP contribution in [-0.4, -0.2) is 61.9 Å². The third kappa shape index (κ3) is 4.28. The zero-order valence-corrected chi connectivity index (χ0v) is 18.3. The number of sulfonamides is 1. The zero-order chi connectivity index (χ0) is 21.1. The Hall–Kier alpha value is -2.24. The van der Waals surface area contributed by atoms with Gasteiger partial charge in [0.05, 0.1) is 9.82 Å². The number of aromatic nitrogens is 1. The molecule has 30 heavy (non-hydrogen) atoms. The highest BCUT2D eigenvalue weighted by atomic mass is 32.2. The first-order valence-corrected chi connectivity index (χ1v) is 12.5. The minimum atomic E-state index is -3.73. The van der Waals surface area contributed by atoms with Gasteiger partial charge in [-0.25, -0.2) is 13.4 Å². The fraction of sp³-hybridized carbons (Fsp3) is 0.526. The van der Waals surface area contributed by atoms with Crippen molar-refractivity contribution in [3.63, 3.8) is 0 Å². The van der Waals surface area contributed by atoms with E-state index in [4.69, 9.17) is 0 Å². The van der Waals surface area contributed by atoms with Crippen LogP contribution in [0.3, 0.4) is 0 Å². The van der Waals surface area contributed by atoms with E-state index in [1.807, 2.05) is 10.3 Å². The molecule has 0 bridgehead atoms. The van der Waals surface area contributed by atoms with Gasteiger partial charge in [-0.15, -0.1) is 11.3 Å². The predicted molar refractivity (Wildman–Crippen MR) is 117 cm³/mol. The summed E-state index contributed by atoms with van der Waals surface area (Å²) in [6.07, 6.45) is 5.43. The maximum Gasteiger partial charge on any atom is 0.293 e. The normalized spacial score (nSPS) is 18.9. The van der Waals surface area contributed by atoms with Crippen molar-refractivity contribution < 1.29 is 13.3 Å². The molecule has 9 nitrogen and oxygen atoms in total. The van der Waals surface area contributed by atoms with Gasteiger partial charge in [0.15, 0.2) is 5.13 Å². The molecule has 11 heteroatoms. The standard InChI is InChI=1S/C19H25N5O4S2/c25-24(26)18-15-16(30(27,28)23-8-3-1-2-4-9-23)5-6-17(18)21-10-12-22(13-11-21)19-20-7-14-29-19/h5-7,14-15H,1-4,8-13H2. The summed E-state index contributed by atoms with van der Waals surface area (Å²) < 4.78 is 27.6. The smallest absolute Gasteiger partial charge is 0.293 e. The first-order chi connectivity index (χ1) is 14.5. The van der Waals surface area contributed by atoms with Crippen LogP contribution in [0.15, 0.2) is 34.7 Å². The van der Waals surface area contributed by atoms with Crippen molar-refractivity contribution in [2.24, 2.45) is 0 Å². The molecule has 0 unspecified atom stereocenters. The van der Waals surface area contributed by atoms with Gasteiger partial charge in [-0.2, -0.15) is 4.31 Å². The van der Waals surface area contributed by atoms with Crippen molar-refractivity contribution in [3.8, 4) is 0 Å². The molecule has 3 heterocycles. The van der Waals surface area contributed by atoms with E-state index >= 15 is 0 Å². The molecule has 0 spiro atoms. The first kappa shape index (κ1) is 21.0. The predicted octanol–water partition coefficient (Wildman–Crippen LogP) is 2.94. The molecule has 0 radical (unpaired) electrons. The van der Waals surface area contributed by atoms with Gasteiger partial charge in [0.1, 0.15) is 5.69 Å². The summed E-state index contributed by atoms with van der Waals surface area (Å²) >= 11 is 1.57. The molecule has 162 valence electrons. The van der Waals surface area contributed by atoms with Crippen molar-refractivity contribution in [1.82, 2.24) is 9.29 Å². The lowest BCUT2D eigenvalue weighted by Gasteiger charge is -2.35. The second-order valence-corrected chi connectivity index (χ2v) is 10.3. The highest BCUT2D eigenvalue weighted by Gasteiger charge is 2.30. The monoisotopic (exact) mass is 451 g/mol. The summed E-state index contributed by atoms with van der Waals surface area (Å²) in [6, 6.07) is 4.32. The van der Waals surface area contributed by atoms with E-state index in [1.165, 1.54) is 16.4 Å². The summed E-state index contributed by atoms with van der Waals surface area (Å²) in [5.74, 6) is 0. The SMILES string of the molecule is O=[N+]([O-])c1cc(S(=O)(=O)N2CCCCCC2)ccc1N1CCN(c2nccs2)CC1. The van der Waals surface area contributed by atoms with E-state index < -0.39 is 14.9 Å². The molecule has 0 amide bonds. The second-order valence-electron chi connectivity index (χ2n) is 7.51. The molecule has 2 saturated heterocycles. The Morgan fingerprint density at radius 1 is 0.967 bits per heavy atom. The van der Waals surface area contributed by atoms with Crippen LogP contribution in [0, 0.1) is 10.1 Å². The number of anilines is 2. The average Bonchev–Trinajstić information content (AvgIpc) is 3.15. The summed E-state index contributed by atoms with van der Waals surface area (Å²) in [5.41, 5.74) is 0.308. The largest absolute Gasteiger partial charge is 0.362 e. The van der Waals surface area contributed by atoms with Gasteiger partial charge in [0, 0.05) is 56.9 Å². The fourth-order valence-corrected chi connectivity index (χ4v) is 6.25. The summed E-state index contributed by atoms with van der Waals surface area (Å²) in [4.78, 5) is 19.7. The van der Waals surface area contributed by atoms with E-state index in [0.29, 0.717) is 45.0 Å². The zero-order valence-electron chi connectivity index (χ0n) is 16.6. The third-order valence-corrected chi connectivity index (χ3v) is 8.38. The number of rotatable bonds is 5. The van der Waals surface area contributed by atoms with Gasteiger partial charge in [-0.05, 0) is 25.0 Å². The number of nitro groups is 1. The molecule has 2 fully saturated rings. The average molecular weight is 452 g/mol. The van der Waals surface area contributed by atoms with Crippen LogP contribution < -0.4 is 9.80 Å². The molecule has 0 N–H and O–H groups in total. The van der Waals surface area contributed by atoms with Crippen molar-refractivity contribution >= 4 is 37.9 Å². The maximum absolute atomic E-state index is 13.1. The van der Waals surface area contributed by atoms with Crippen molar-refractivity contribution in [2.45, 2.75) is 30.6 Å². The minimum Gasteiger partial charge on any atom is -0.362 e. The van der Waals surface area contributed by atoms with Gasteiger partial charge >= 0.3 is 0 Å². The Kier molecular flexibility index (Phi) is 6.21. The second kappa shape index (κ2) is 8.86. The lowest BCUT2D eigenvalue weighted by atomic mass is 10.2. The Bertz CT molecular complexity index is 980. The molecule has 1 aromatic carbocycles. The summed E-state index contributed by atoms with van der Waals surface area (Å²) in [7, 11) is -3.73. The summed E-state index contributed by atoms with van der Waals surface area (Å²) in [5, 5.41) is 14.7. The third-order valence-electron chi connectivity index (χ3n) is 5.66. The highest BCUT2D eigenvalue weighted by Crippen LogP contribution is 2.33. The molecule has 0 atom stereocenters. The molecular formula is C19H25N5O4S2. The number of nitrogens with zero attached hydrogens (tertiary/aromatic N) is 5. The molecule has 2 aromatic rings. The number of thiazole rings is 1. The summed E-state index contributed by atoms with van der Waals surface area (Å²) in [6.45, 7) is 3.57. The van der Waals surface area contributed by atoms with Crippen molar-refractivity contribution in [1.29, 1.82) is 0 Å². The molecular weight excluding hydrogens is 426 g/mol. The van der Waals surface area contributed by atoms with Crippen LogP contribution in [0.25, 0.3) is 0 Å². The number of benzene rings is 1. The topological polar surface area (TPSA) is 99.9 Å². The molecule has 4 rings (SSSR count). The Morgan fingerprint density at radius 3 is 2.23 bits per heavy atom. The van der Waals surface area contributed by atoms with E-state index in [1.54, 1.807) is 23.6 Å². The van der Waals surface area contributed by atoms with Crippen LogP contribution in [-0.2, 0) is 10.0 Å². The lowest BCUT2D eigenvalue weighted by Crippen LogP contribution is -2.46. The number of hydrogen-bond acceptors (Lipinski definition) is 8. The van der Waals surface area contributed by atoms with Crippen LogP contribution in [0.4, 0.5) is 16.5 Å².